The number of rotatable bonds is 8. The smallest absolute Gasteiger partial charge is 0.306 e. The van der Waals surface area contributed by atoms with Gasteiger partial charge in [0.2, 0.25) is 0 Å². The van der Waals surface area contributed by atoms with Crippen LogP contribution in [0.25, 0.3) is 0 Å². The fourth-order valence-electron chi connectivity index (χ4n) is 2.15. The number of carbonyl (C=O) groups is 1. The van der Waals surface area contributed by atoms with Gasteiger partial charge in [-0.2, -0.15) is 0 Å². The van der Waals surface area contributed by atoms with Gasteiger partial charge in [-0.05, 0) is 38.3 Å². The maximum absolute atomic E-state index is 11.9. The number of ether oxygens (including phenoxy) is 1. The molecule has 1 heterocycles. The second kappa shape index (κ2) is 8.53. The Hall–Kier alpha value is -0.620. The zero-order valence-corrected chi connectivity index (χ0v) is 12.5. The Bertz CT molecular complexity index is 361. The number of esters is 1. The molecule has 0 spiro atoms. The lowest BCUT2D eigenvalue weighted by Gasteiger charge is -2.22. The maximum atomic E-state index is 11.9. The number of nitrogens with one attached hydrogen (secondary N) is 1. The van der Waals surface area contributed by atoms with Crippen molar-refractivity contribution in [3.63, 3.8) is 0 Å². The molecule has 0 saturated carbocycles. The zero-order valence-electron chi connectivity index (χ0n) is 11.7. The molecule has 112 valence electrons. The molecule has 0 radical (unpaired) electrons. The van der Waals surface area contributed by atoms with Crippen molar-refractivity contribution >= 4 is 15.8 Å². The van der Waals surface area contributed by atoms with Crippen LogP contribution in [0.15, 0.2) is 0 Å². The monoisotopic (exact) mass is 291 g/mol. The summed E-state index contributed by atoms with van der Waals surface area (Å²) < 4.78 is 28.7. The molecule has 1 rings (SSSR count). The van der Waals surface area contributed by atoms with E-state index in [4.69, 9.17) is 4.74 Å². The normalized spacial score (nSPS) is 20.2. The number of carbonyl (C=O) groups excluding carboxylic acids is 1. The first-order valence-electron chi connectivity index (χ1n) is 7.10. The third kappa shape index (κ3) is 7.52. The molecular weight excluding hydrogens is 266 g/mol. The Labute approximate surface area is 116 Å². The molecule has 5 nitrogen and oxygen atoms in total. The minimum atomic E-state index is -3.15. The van der Waals surface area contributed by atoms with Crippen molar-refractivity contribution in [1.29, 1.82) is 0 Å². The number of unbranched alkanes of at least 4 members (excludes halogenated alkanes) is 1. The molecule has 6 heteroatoms. The Morgan fingerprint density at radius 3 is 2.84 bits per heavy atom. The van der Waals surface area contributed by atoms with E-state index in [1.165, 1.54) is 0 Å². The van der Waals surface area contributed by atoms with Crippen LogP contribution in [0, 0.1) is 5.92 Å². The standard InChI is InChI=1S/C13H25NO4S/c1-2-3-8-18-13(15)6-9-19(16,17)11-12-5-4-7-14-10-12/h12,14H,2-11H2,1H3. The van der Waals surface area contributed by atoms with Gasteiger partial charge in [0, 0.05) is 0 Å². The van der Waals surface area contributed by atoms with Crippen LogP contribution in [0.4, 0.5) is 0 Å². The Morgan fingerprint density at radius 1 is 1.42 bits per heavy atom. The van der Waals surface area contributed by atoms with Gasteiger partial charge in [0.25, 0.3) is 0 Å². The molecule has 0 amide bonds. The average molecular weight is 291 g/mol. The summed E-state index contributed by atoms with van der Waals surface area (Å²) in [5, 5.41) is 3.20. The van der Waals surface area contributed by atoms with Crippen LogP contribution in [-0.4, -0.2) is 45.6 Å². The molecule has 0 aromatic rings. The summed E-state index contributed by atoms with van der Waals surface area (Å²) in [6.07, 6.45) is 3.74. The lowest BCUT2D eigenvalue weighted by Crippen LogP contribution is -2.34. The van der Waals surface area contributed by atoms with Crippen molar-refractivity contribution in [1.82, 2.24) is 5.32 Å². The summed E-state index contributed by atoms with van der Waals surface area (Å²) in [7, 11) is -3.15. The lowest BCUT2D eigenvalue weighted by molar-refractivity contribution is -0.143. The summed E-state index contributed by atoms with van der Waals surface area (Å²) in [6, 6.07) is 0. The summed E-state index contributed by atoms with van der Waals surface area (Å²) >= 11 is 0. The van der Waals surface area contributed by atoms with E-state index in [0.717, 1.165) is 38.8 Å². The predicted molar refractivity (Wildman–Crippen MR) is 74.7 cm³/mol. The molecule has 1 saturated heterocycles. The second-order valence-electron chi connectivity index (χ2n) is 5.15. The van der Waals surface area contributed by atoms with Gasteiger partial charge in [-0.15, -0.1) is 0 Å². The summed E-state index contributed by atoms with van der Waals surface area (Å²) in [6.45, 7) is 4.14. The number of hydrogen-bond donors (Lipinski definition) is 1. The van der Waals surface area contributed by atoms with Crippen LogP contribution >= 0.6 is 0 Å². The SMILES string of the molecule is CCCCOC(=O)CCS(=O)(=O)CC1CCCNC1. The Morgan fingerprint density at radius 2 is 2.21 bits per heavy atom. The van der Waals surface area contributed by atoms with E-state index >= 15 is 0 Å². The Kier molecular flexibility index (Phi) is 7.38. The molecule has 1 fully saturated rings. The zero-order chi connectivity index (χ0) is 14.1. The van der Waals surface area contributed by atoms with E-state index in [0.29, 0.717) is 6.61 Å². The summed E-state index contributed by atoms with van der Waals surface area (Å²) in [4.78, 5) is 11.4. The van der Waals surface area contributed by atoms with E-state index in [1.54, 1.807) is 0 Å². The summed E-state index contributed by atoms with van der Waals surface area (Å²) in [5.41, 5.74) is 0. The van der Waals surface area contributed by atoms with Gasteiger partial charge in [-0.1, -0.05) is 13.3 Å². The van der Waals surface area contributed by atoms with E-state index in [9.17, 15) is 13.2 Å². The molecule has 19 heavy (non-hydrogen) atoms. The fraction of sp³-hybridized carbons (Fsp3) is 0.923. The maximum Gasteiger partial charge on any atom is 0.306 e. The number of sulfone groups is 1. The fourth-order valence-corrected chi connectivity index (χ4v) is 3.80. The minimum absolute atomic E-state index is 0.0216. The van der Waals surface area contributed by atoms with Crippen molar-refractivity contribution in [2.75, 3.05) is 31.2 Å². The van der Waals surface area contributed by atoms with E-state index < -0.39 is 15.8 Å². The van der Waals surface area contributed by atoms with Crippen molar-refractivity contribution < 1.29 is 17.9 Å². The van der Waals surface area contributed by atoms with Crippen LogP contribution < -0.4 is 5.32 Å². The highest BCUT2D eigenvalue weighted by Gasteiger charge is 2.22. The van der Waals surface area contributed by atoms with Crippen LogP contribution in [0.2, 0.25) is 0 Å². The Balaban J connectivity index is 2.23. The van der Waals surface area contributed by atoms with Gasteiger partial charge < -0.3 is 10.1 Å². The average Bonchev–Trinajstić information content (AvgIpc) is 2.38. The number of piperidine rings is 1. The van der Waals surface area contributed by atoms with Gasteiger partial charge in [0.1, 0.15) is 0 Å². The van der Waals surface area contributed by atoms with Crippen molar-refractivity contribution in [2.24, 2.45) is 5.92 Å². The van der Waals surface area contributed by atoms with Crippen molar-refractivity contribution in [2.45, 2.75) is 39.0 Å². The van der Waals surface area contributed by atoms with Crippen molar-refractivity contribution in [3.05, 3.63) is 0 Å². The van der Waals surface area contributed by atoms with Gasteiger partial charge in [0.05, 0.1) is 24.5 Å². The molecule has 0 aliphatic carbocycles. The third-order valence-electron chi connectivity index (χ3n) is 3.27. The largest absolute Gasteiger partial charge is 0.466 e. The highest BCUT2D eigenvalue weighted by atomic mass is 32.2. The lowest BCUT2D eigenvalue weighted by atomic mass is 10.0. The highest BCUT2D eigenvalue weighted by Crippen LogP contribution is 2.13. The highest BCUT2D eigenvalue weighted by molar-refractivity contribution is 7.91. The summed E-state index contributed by atoms with van der Waals surface area (Å²) in [5.74, 6) is -0.120. The first kappa shape index (κ1) is 16.4. The van der Waals surface area contributed by atoms with Crippen molar-refractivity contribution in [3.8, 4) is 0 Å². The molecule has 0 aromatic carbocycles. The molecule has 1 aliphatic heterocycles. The van der Waals surface area contributed by atoms with E-state index in [1.807, 2.05) is 6.92 Å². The number of hydrogen-bond acceptors (Lipinski definition) is 5. The predicted octanol–water partition coefficient (Wildman–Crippen LogP) is 1.13. The molecule has 1 aliphatic rings. The van der Waals surface area contributed by atoms with Crippen LogP contribution in [0.3, 0.4) is 0 Å². The molecule has 0 bridgehead atoms. The molecule has 0 aromatic heterocycles. The minimum Gasteiger partial charge on any atom is -0.466 e. The van der Waals surface area contributed by atoms with Crippen LogP contribution in [0.1, 0.15) is 39.0 Å². The van der Waals surface area contributed by atoms with E-state index in [-0.39, 0.29) is 23.8 Å². The topological polar surface area (TPSA) is 72.5 Å². The molecule has 1 atom stereocenters. The second-order valence-corrected chi connectivity index (χ2v) is 7.38. The molecule has 1 N–H and O–H groups in total. The van der Waals surface area contributed by atoms with Gasteiger partial charge in [-0.25, -0.2) is 8.42 Å². The van der Waals surface area contributed by atoms with Gasteiger partial charge in [-0.3, -0.25) is 4.79 Å². The van der Waals surface area contributed by atoms with Gasteiger partial charge in [0.15, 0.2) is 9.84 Å². The van der Waals surface area contributed by atoms with Gasteiger partial charge >= 0.3 is 5.97 Å². The molecule has 1 unspecified atom stereocenters. The first-order chi connectivity index (χ1) is 9.03. The van der Waals surface area contributed by atoms with Crippen LogP contribution in [0.5, 0.6) is 0 Å². The first-order valence-corrected chi connectivity index (χ1v) is 8.92. The third-order valence-corrected chi connectivity index (χ3v) is 5.07. The molecular formula is C13H25NO4S. The quantitative estimate of drug-likeness (QED) is 0.536. The van der Waals surface area contributed by atoms with E-state index in [2.05, 4.69) is 5.32 Å². The van der Waals surface area contributed by atoms with Crippen LogP contribution in [-0.2, 0) is 19.4 Å².